The van der Waals surface area contributed by atoms with Gasteiger partial charge in [0.15, 0.2) is 0 Å². The molecular formula is C19H21ClN2O3S. The Kier molecular flexibility index (Phi) is 4.59. The highest BCUT2D eigenvalue weighted by molar-refractivity contribution is 7.89. The molecule has 2 heterocycles. The van der Waals surface area contributed by atoms with Crippen molar-refractivity contribution in [2.24, 2.45) is 0 Å². The molecule has 4 rings (SSSR count). The zero-order valence-corrected chi connectivity index (χ0v) is 16.1. The molecule has 0 aliphatic carbocycles. The van der Waals surface area contributed by atoms with Gasteiger partial charge in [0.2, 0.25) is 10.0 Å². The van der Waals surface area contributed by atoms with Crippen molar-refractivity contribution in [3.63, 3.8) is 0 Å². The molecule has 0 spiro atoms. The Balaban J connectivity index is 1.53. The largest absolute Gasteiger partial charge is 0.489 e. The molecule has 5 nitrogen and oxygen atoms in total. The summed E-state index contributed by atoms with van der Waals surface area (Å²) in [5.74, 6) is 0.614. The Hall–Kier alpha value is -1.76. The standard InChI is InChI=1S/C19H21ClN2O3S/c1-13-9-14-10-17(11-18(20)19(14)25-13)26(23,24)22-8-7-16(12-22)21-15-5-3-2-4-6-15/h2-6,10-11,13,16,21H,7-9,12H2,1H3/t13-,16+/m1/s1. The van der Waals surface area contributed by atoms with Gasteiger partial charge >= 0.3 is 0 Å². The van der Waals surface area contributed by atoms with Crippen LogP contribution in [0.3, 0.4) is 0 Å². The van der Waals surface area contributed by atoms with Crippen LogP contribution < -0.4 is 10.1 Å². The Bertz CT molecular complexity index is 918. The normalized spacial score (nSPS) is 22.8. The van der Waals surface area contributed by atoms with Gasteiger partial charge < -0.3 is 10.1 Å². The smallest absolute Gasteiger partial charge is 0.243 e. The van der Waals surface area contributed by atoms with Crippen LogP contribution in [0, 0.1) is 0 Å². The number of fused-ring (bicyclic) bond motifs is 1. The highest BCUT2D eigenvalue weighted by Crippen LogP contribution is 2.39. The van der Waals surface area contributed by atoms with Gasteiger partial charge in [0.05, 0.1) is 9.92 Å². The van der Waals surface area contributed by atoms with Crippen LogP contribution in [0.2, 0.25) is 5.02 Å². The SMILES string of the molecule is C[C@@H]1Cc2cc(S(=O)(=O)N3CC[C@H](Nc4ccccc4)C3)cc(Cl)c2O1. The first kappa shape index (κ1) is 17.6. The molecule has 2 aromatic rings. The van der Waals surface area contributed by atoms with Gasteiger partial charge in [0.25, 0.3) is 0 Å². The van der Waals surface area contributed by atoms with Crippen molar-refractivity contribution in [2.45, 2.75) is 36.8 Å². The summed E-state index contributed by atoms with van der Waals surface area (Å²) in [4.78, 5) is 0.249. The summed E-state index contributed by atoms with van der Waals surface area (Å²) in [7, 11) is -3.57. The molecule has 0 unspecified atom stereocenters. The number of hydrogen-bond donors (Lipinski definition) is 1. The summed E-state index contributed by atoms with van der Waals surface area (Å²) < 4.78 is 33.3. The van der Waals surface area contributed by atoms with Crippen LogP contribution in [0.25, 0.3) is 0 Å². The van der Waals surface area contributed by atoms with Crippen molar-refractivity contribution < 1.29 is 13.2 Å². The maximum absolute atomic E-state index is 13.1. The molecule has 7 heteroatoms. The molecule has 2 atom stereocenters. The second-order valence-corrected chi connectivity index (χ2v) is 9.23. The number of rotatable bonds is 4. The van der Waals surface area contributed by atoms with Gasteiger partial charge in [0, 0.05) is 36.8 Å². The maximum Gasteiger partial charge on any atom is 0.243 e. The third-order valence-electron chi connectivity index (χ3n) is 4.85. The molecule has 0 bridgehead atoms. The molecule has 1 saturated heterocycles. The second-order valence-electron chi connectivity index (χ2n) is 6.88. The van der Waals surface area contributed by atoms with Gasteiger partial charge in [-0.05, 0) is 37.6 Å². The Morgan fingerprint density at radius 1 is 1.23 bits per heavy atom. The van der Waals surface area contributed by atoms with Gasteiger partial charge in [-0.3, -0.25) is 0 Å². The van der Waals surface area contributed by atoms with E-state index < -0.39 is 10.0 Å². The van der Waals surface area contributed by atoms with Gasteiger partial charge in [-0.15, -0.1) is 0 Å². The Labute approximate surface area is 159 Å². The molecular weight excluding hydrogens is 372 g/mol. The first-order chi connectivity index (χ1) is 12.4. The molecule has 2 aliphatic heterocycles. The average molecular weight is 393 g/mol. The second kappa shape index (κ2) is 6.76. The lowest BCUT2D eigenvalue weighted by Gasteiger charge is -2.18. The van der Waals surface area contributed by atoms with Gasteiger partial charge in [0.1, 0.15) is 11.9 Å². The van der Waals surface area contributed by atoms with Crippen LogP contribution in [0.5, 0.6) is 5.75 Å². The first-order valence-electron chi connectivity index (χ1n) is 8.74. The molecule has 0 amide bonds. The molecule has 0 aromatic heterocycles. The highest BCUT2D eigenvalue weighted by atomic mass is 35.5. The van der Waals surface area contributed by atoms with E-state index in [2.05, 4.69) is 5.32 Å². The van der Waals surface area contributed by atoms with E-state index in [1.807, 2.05) is 37.3 Å². The number of hydrogen-bond acceptors (Lipinski definition) is 4. The minimum Gasteiger partial charge on any atom is -0.489 e. The summed E-state index contributed by atoms with van der Waals surface area (Å²) in [5, 5.41) is 3.77. The zero-order valence-electron chi connectivity index (χ0n) is 14.5. The molecule has 2 aliphatic rings. The topological polar surface area (TPSA) is 58.6 Å². The van der Waals surface area contributed by atoms with E-state index in [0.29, 0.717) is 30.3 Å². The van der Waals surface area contributed by atoms with Crippen LogP contribution >= 0.6 is 11.6 Å². The first-order valence-corrected chi connectivity index (χ1v) is 10.6. The maximum atomic E-state index is 13.1. The van der Waals surface area contributed by atoms with Crippen molar-refractivity contribution in [3.8, 4) is 5.75 Å². The van der Waals surface area contributed by atoms with Gasteiger partial charge in [-0.2, -0.15) is 4.31 Å². The van der Waals surface area contributed by atoms with E-state index in [1.54, 1.807) is 6.07 Å². The number of para-hydroxylation sites is 1. The molecule has 0 radical (unpaired) electrons. The number of benzene rings is 2. The van der Waals surface area contributed by atoms with Crippen molar-refractivity contribution in [2.75, 3.05) is 18.4 Å². The monoisotopic (exact) mass is 392 g/mol. The third kappa shape index (κ3) is 3.29. The number of sulfonamides is 1. The van der Waals surface area contributed by atoms with Crippen LogP contribution in [0.4, 0.5) is 5.69 Å². The number of ether oxygens (including phenoxy) is 1. The van der Waals surface area contributed by atoms with Crippen molar-refractivity contribution in [1.82, 2.24) is 4.31 Å². The van der Waals surface area contributed by atoms with Gasteiger partial charge in [-0.25, -0.2) is 8.42 Å². The highest BCUT2D eigenvalue weighted by Gasteiger charge is 2.34. The van der Waals surface area contributed by atoms with E-state index >= 15 is 0 Å². The fraction of sp³-hybridized carbons (Fsp3) is 0.368. The van der Waals surface area contributed by atoms with E-state index in [9.17, 15) is 8.42 Å². The van der Waals surface area contributed by atoms with Crippen LogP contribution in [0.1, 0.15) is 18.9 Å². The van der Waals surface area contributed by atoms with Crippen LogP contribution in [-0.2, 0) is 16.4 Å². The predicted molar refractivity (Wildman–Crippen MR) is 102 cm³/mol. The minimum atomic E-state index is -3.57. The molecule has 1 N–H and O–H groups in total. The van der Waals surface area contributed by atoms with E-state index in [0.717, 1.165) is 17.7 Å². The van der Waals surface area contributed by atoms with Gasteiger partial charge in [-0.1, -0.05) is 29.8 Å². The van der Waals surface area contributed by atoms with E-state index in [1.165, 1.54) is 10.4 Å². The fourth-order valence-electron chi connectivity index (χ4n) is 3.59. The number of nitrogens with one attached hydrogen (secondary N) is 1. The molecule has 0 saturated carbocycles. The molecule has 2 aromatic carbocycles. The molecule has 138 valence electrons. The Morgan fingerprint density at radius 3 is 2.77 bits per heavy atom. The fourth-order valence-corrected chi connectivity index (χ4v) is 5.52. The lowest BCUT2D eigenvalue weighted by atomic mass is 10.1. The number of halogens is 1. The predicted octanol–water partition coefficient (Wildman–Crippen LogP) is 3.54. The lowest BCUT2D eigenvalue weighted by molar-refractivity contribution is 0.255. The summed E-state index contributed by atoms with van der Waals surface area (Å²) in [5.41, 5.74) is 1.87. The summed E-state index contributed by atoms with van der Waals surface area (Å²) in [6.45, 7) is 2.89. The quantitative estimate of drug-likeness (QED) is 0.864. The summed E-state index contributed by atoms with van der Waals surface area (Å²) in [6.07, 6.45) is 1.47. The molecule has 1 fully saturated rings. The average Bonchev–Trinajstić information content (AvgIpc) is 3.22. The van der Waals surface area contributed by atoms with E-state index in [-0.39, 0.29) is 17.0 Å². The third-order valence-corrected chi connectivity index (χ3v) is 6.98. The summed E-state index contributed by atoms with van der Waals surface area (Å²) >= 11 is 6.27. The van der Waals surface area contributed by atoms with Crippen molar-refractivity contribution in [1.29, 1.82) is 0 Å². The zero-order chi connectivity index (χ0) is 18.3. The van der Waals surface area contributed by atoms with Crippen LogP contribution in [0.15, 0.2) is 47.4 Å². The number of anilines is 1. The van der Waals surface area contributed by atoms with Crippen molar-refractivity contribution in [3.05, 3.63) is 53.1 Å². The van der Waals surface area contributed by atoms with Crippen molar-refractivity contribution >= 4 is 27.3 Å². The lowest BCUT2D eigenvalue weighted by Crippen LogP contribution is -2.31. The molecule has 26 heavy (non-hydrogen) atoms. The Morgan fingerprint density at radius 2 is 2.00 bits per heavy atom. The summed E-state index contributed by atoms with van der Waals surface area (Å²) in [6, 6.07) is 13.2. The van der Waals surface area contributed by atoms with Crippen LogP contribution in [-0.4, -0.2) is 38.0 Å². The minimum absolute atomic E-state index is 0.0201. The van der Waals surface area contributed by atoms with E-state index in [4.69, 9.17) is 16.3 Å². The number of nitrogens with zero attached hydrogens (tertiary/aromatic N) is 1.